The second-order valence-electron chi connectivity index (χ2n) is 3.63. The molecule has 1 heterocycles. The lowest BCUT2D eigenvalue weighted by atomic mass is 10.2. The van der Waals surface area contributed by atoms with Crippen LogP contribution < -0.4 is 16.6 Å². The first-order valence-electron chi connectivity index (χ1n) is 5.41. The van der Waals surface area contributed by atoms with Crippen LogP contribution in [0.1, 0.15) is 36.5 Å². The number of carbonyl (C=O) groups excluding carboxylic acids is 1. The zero-order valence-corrected chi connectivity index (χ0v) is 9.38. The number of primary amides is 1. The molecule has 0 aliphatic rings. The molecule has 0 saturated heterocycles. The number of hydrogen-bond donors (Lipinski definition) is 3. The van der Waals surface area contributed by atoms with Crippen molar-refractivity contribution in [1.29, 1.82) is 0 Å². The fourth-order valence-electron chi connectivity index (χ4n) is 1.38. The van der Waals surface area contributed by atoms with Gasteiger partial charge in [0.2, 0.25) is 0 Å². The summed E-state index contributed by atoms with van der Waals surface area (Å²) in [6.07, 6.45) is 4.90. The molecule has 0 atom stereocenters. The molecule has 1 rings (SSSR count). The van der Waals surface area contributed by atoms with Gasteiger partial charge in [0.25, 0.3) is 11.5 Å². The van der Waals surface area contributed by atoms with Crippen LogP contribution in [-0.2, 0) is 0 Å². The molecule has 0 unspecified atom stereocenters. The largest absolute Gasteiger partial charge is 0.384 e. The van der Waals surface area contributed by atoms with E-state index in [9.17, 15) is 9.59 Å². The van der Waals surface area contributed by atoms with Gasteiger partial charge >= 0.3 is 0 Å². The minimum Gasteiger partial charge on any atom is -0.384 e. The molecule has 1 aromatic heterocycles. The average molecular weight is 223 g/mol. The zero-order chi connectivity index (χ0) is 12.0. The molecule has 1 amide bonds. The highest BCUT2D eigenvalue weighted by Crippen LogP contribution is 2.05. The SMILES string of the molecule is CCCCCNc1c[nH]c(=O)c(C(N)=O)c1. The second kappa shape index (κ2) is 5.95. The third-order valence-electron chi connectivity index (χ3n) is 2.28. The van der Waals surface area contributed by atoms with Gasteiger partial charge in [-0.1, -0.05) is 19.8 Å². The maximum absolute atomic E-state index is 11.2. The summed E-state index contributed by atoms with van der Waals surface area (Å²) >= 11 is 0. The third kappa shape index (κ3) is 3.42. The van der Waals surface area contributed by atoms with Gasteiger partial charge in [-0.25, -0.2) is 0 Å². The Balaban J connectivity index is 2.64. The summed E-state index contributed by atoms with van der Waals surface area (Å²) in [6, 6.07) is 1.48. The van der Waals surface area contributed by atoms with Crippen molar-refractivity contribution in [3.63, 3.8) is 0 Å². The van der Waals surface area contributed by atoms with E-state index >= 15 is 0 Å². The minimum atomic E-state index is -0.710. The maximum Gasteiger partial charge on any atom is 0.260 e. The van der Waals surface area contributed by atoms with Gasteiger partial charge in [-0.3, -0.25) is 9.59 Å². The van der Waals surface area contributed by atoms with E-state index in [1.165, 1.54) is 6.07 Å². The number of H-pyrrole nitrogens is 1. The van der Waals surface area contributed by atoms with Crippen molar-refractivity contribution >= 4 is 11.6 Å². The molecule has 5 heteroatoms. The van der Waals surface area contributed by atoms with Crippen molar-refractivity contribution in [2.75, 3.05) is 11.9 Å². The number of nitrogens with two attached hydrogens (primary N) is 1. The van der Waals surface area contributed by atoms with Crippen molar-refractivity contribution in [3.05, 3.63) is 28.2 Å². The number of carbonyl (C=O) groups is 1. The van der Waals surface area contributed by atoms with Gasteiger partial charge in [0.1, 0.15) is 5.56 Å². The molecule has 1 aromatic rings. The zero-order valence-electron chi connectivity index (χ0n) is 9.38. The molecule has 0 radical (unpaired) electrons. The van der Waals surface area contributed by atoms with Crippen molar-refractivity contribution in [2.45, 2.75) is 26.2 Å². The Kier molecular flexibility index (Phi) is 4.57. The van der Waals surface area contributed by atoms with Crippen LogP contribution in [0.25, 0.3) is 0 Å². The topological polar surface area (TPSA) is 88.0 Å². The predicted molar refractivity (Wildman–Crippen MR) is 63.6 cm³/mol. The molecule has 88 valence electrons. The first-order chi connectivity index (χ1) is 7.65. The van der Waals surface area contributed by atoms with Crippen molar-refractivity contribution in [3.8, 4) is 0 Å². The highest BCUT2D eigenvalue weighted by Gasteiger charge is 2.06. The number of anilines is 1. The Morgan fingerprint density at radius 2 is 2.25 bits per heavy atom. The summed E-state index contributed by atoms with van der Waals surface area (Å²) in [7, 11) is 0. The van der Waals surface area contributed by atoms with Gasteiger partial charge in [0.15, 0.2) is 0 Å². The van der Waals surface area contributed by atoms with E-state index in [4.69, 9.17) is 5.73 Å². The molecule has 0 fully saturated rings. The van der Waals surface area contributed by atoms with E-state index in [0.29, 0.717) is 5.69 Å². The fraction of sp³-hybridized carbons (Fsp3) is 0.455. The monoisotopic (exact) mass is 223 g/mol. The molecular weight excluding hydrogens is 206 g/mol. The fourth-order valence-corrected chi connectivity index (χ4v) is 1.38. The molecule has 5 nitrogen and oxygen atoms in total. The number of unbranched alkanes of at least 4 members (excludes halogenated alkanes) is 2. The van der Waals surface area contributed by atoms with E-state index in [-0.39, 0.29) is 5.56 Å². The van der Waals surface area contributed by atoms with Crippen LogP contribution in [0, 0.1) is 0 Å². The number of aromatic nitrogens is 1. The summed E-state index contributed by atoms with van der Waals surface area (Å²) in [5.74, 6) is -0.710. The molecule has 0 spiro atoms. The number of nitrogens with one attached hydrogen (secondary N) is 2. The van der Waals surface area contributed by atoms with E-state index in [0.717, 1.165) is 25.8 Å². The quantitative estimate of drug-likeness (QED) is 0.630. The van der Waals surface area contributed by atoms with Crippen molar-refractivity contribution in [1.82, 2.24) is 4.98 Å². The van der Waals surface area contributed by atoms with Crippen LogP contribution in [0.15, 0.2) is 17.1 Å². The smallest absolute Gasteiger partial charge is 0.260 e. The molecule has 0 aliphatic carbocycles. The Hall–Kier alpha value is -1.78. The number of rotatable bonds is 6. The summed E-state index contributed by atoms with van der Waals surface area (Å²) in [4.78, 5) is 24.6. The van der Waals surface area contributed by atoms with Gasteiger partial charge in [-0.05, 0) is 12.5 Å². The van der Waals surface area contributed by atoms with E-state index in [2.05, 4.69) is 17.2 Å². The lowest BCUT2D eigenvalue weighted by Crippen LogP contribution is -2.23. The molecule has 0 aromatic carbocycles. The predicted octanol–water partition coefficient (Wildman–Crippen LogP) is 1.08. The Morgan fingerprint density at radius 1 is 1.50 bits per heavy atom. The second-order valence-corrected chi connectivity index (χ2v) is 3.63. The van der Waals surface area contributed by atoms with Crippen LogP contribution >= 0.6 is 0 Å². The highest BCUT2D eigenvalue weighted by atomic mass is 16.2. The minimum absolute atomic E-state index is 0.0134. The average Bonchev–Trinajstić information content (AvgIpc) is 2.26. The maximum atomic E-state index is 11.2. The number of aromatic amines is 1. The lowest BCUT2D eigenvalue weighted by molar-refractivity contribution is 0.0999. The Labute approximate surface area is 94.1 Å². The van der Waals surface area contributed by atoms with E-state index in [1.807, 2.05) is 0 Å². The highest BCUT2D eigenvalue weighted by molar-refractivity contribution is 5.93. The van der Waals surface area contributed by atoms with Crippen LogP contribution in [0.4, 0.5) is 5.69 Å². The van der Waals surface area contributed by atoms with Crippen LogP contribution in [0.2, 0.25) is 0 Å². The van der Waals surface area contributed by atoms with Gasteiger partial charge in [-0.2, -0.15) is 0 Å². The lowest BCUT2D eigenvalue weighted by Gasteiger charge is -2.06. The van der Waals surface area contributed by atoms with E-state index < -0.39 is 11.5 Å². The van der Waals surface area contributed by atoms with Gasteiger partial charge in [0, 0.05) is 12.7 Å². The molecule has 0 saturated carbocycles. The standard InChI is InChI=1S/C11H17N3O2/c1-2-3-4-5-13-8-6-9(10(12)15)11(16)14-7-8/h6-7,13H,2-5H2,1H3,(H2,12,15)(H,14,16). The molecule has 16 heavy (non-hydrogen) atoms. The normalized spacial score (nSPS) is 10.1. The van der Waals surface area contributed by atoms with E-state index in [1.54, 1.807) is 6.20 Å². The number of amides is 1. The molecule has 4 N–H and O–H groups in total. The van der Waals surface area contributed by atoms with Crippen LogP contribution in [-0.4, -0.2) is 17.4 Å². The number of hydrogen-bond acceptors (Lipinski definition) is 3. The summed E-state index contributed by atoms with van der Waals surface area (Å²) < 4.78 is 0. The van der Waals surface area contributed by atoms with Crippen LogP contribution in [0.3, 0.4) is 0 Å². The molecular formula is C11H17N3O2. The first-order valence-corrected chi connectivity index (χ1v) is 5.41. The Morgan fingerprint density at radius 3 is 2.88 bits per heavy atom. The Bertz CT molecular complexity index is 412. The van der Waals surface area contributed by atoms with Gasteiger partial charge < -0.3 is 16.0 Å². The molecule has 0 aliphatic heterocycles. The first kappa shape index (κ1) is 12.3. The van der Waals surface area contributed by atoms with Gasteiger partial charge in [-0.15, -0.1) is 0 Å². The van der Waals surface area contributed by atoms with Crippen molar-refractivity contribution < 1.29 is 4.79 Å². The third-order valence-corrected chi connectivity index (χ3v) is 2.28. The summed E-state index contributed by atoms with van der Waals surface area (Å²) in [6.45, 7) is 2.95. The van der Waals surface area contributed by atoms with Crippen molar-refractivity contribution in [2.24, 2.45) is 5.73 Å². The number of pyridine rings is 1. The summed E-state index contributed by atoms with van der Waals surface area (Å²) in [5, 5.41) is 3.12. The van der Waals surface area contributed by atoms with Gasteiger partial charge in [0.05, 0.1) is 5.69 Å². The summed E-state index contributed by atoms with van der Waals surface area (Å²) in [5.41, 5.74) is 5.32. The van der Waals surface area contributed by atoms with Crippen LogP contribution in [0.5, 0.6) is 0 Å². The molecule has 0 bridgehead atoms.